The zero-order valence-electron chi connectivity index (χ0n) is 10.4. The van der Waals surface area contributed by atoms with Gasteiger partial charge in [0.15, 0.2) is 11.5 Å². The summed E-state index contributed by atoms with van der Waals surface area (Å²) in [6.07, 6.45) is 3.04. The van der Waals surface area contributed by atoms with Crippen LogP contribution in [0.2, 0.25) is 5.02 Å². The van der Waals surface area contributed by atoms with Crippen LogP contribution in [0.15, 0.2) is 12.1 Å². The molecule has 1 aromatic carbocycles. The Morgan fingerprint density at radius 2 is 2.11 bits per heavy atom. The topological polar surface area (TPSA) is 59.6 Å². The molecule has 3 rings (SSSR count). The Bertz CT molecular complexity index is 501. The Labute approximate surface area is 116 Å². The minimum absolute atomic E-state index is 0.0551. The summed E-state index contributed by atoms with van der Waals surface area (Å²) in [6.45, 7) is 1.07. The van der Waals surface area contributed by atoms with Crippen molar-refractivity contribution >= 4 is 23.2 Å². The molecule has 19 heavy (non-hydrogen) atoms. The number of ether oxygens (including phenoxy) is 2. The molecule has 2 aliphatic heterocycles. The molecule has 1 fully saturated rings. The maximum atomic E-state index is 12.1. The standard InChI is InChI=1S/C13H15ClN2O3/c14-8-5-11-12(19-7-18-11)6-10(8)16-13(17)9-3-1-2-4-15-9/h5-6,9,15H,1-4,7H2,(H,16,17)/t9-/m1/s1. The number of anilines is 1. The van der Waals surface area contributed by atoms with Gasteiger partial charge in [-0.25, -0.2) is 0 Å². The third-order valence-corrected chi connectivity index (χ3v) is 3.66. The number of rotatable bonds is 2. The van der Waals surface area contributed by atoms with Crippen LogP contribution in [0.25, 0.3) is 0 Å². The predicted octanol–water partition coefficient (Wildman–Crippen LogP) is 2.15. The van der Waals surface area contributed by atoms with Crippen LogP contribution in [-0.2, 0) is 4.79 Å². The molecule has 102 valence electrons. The molecule has 0 saturated carbocycles. The Morgan fingerprint density at radius 3 is 2.84 bits per heavy atom. The molecule has 0 radical (unpaired) electrons. The molecule has 2 N–H and O–H groups in total. The maximum Gasteiger partial charge on any atom is 0.241 e. The molecule has 0 unspecified atom stereocenters. The van der Waals surface area contributed by atoms with E-state index in [0.29, 0.717) is 22.2 Å². The molecule has 0 bridgehead atoms. The number of nitrogens with one attached hydrogen (secondary N) is 2. The maximum absolute atomic E-state index is 12.1. The zero-order valence-corrected chi connectivity index (χ0v) is 11.1. The average Bonchev–Trinajstić information content (AvgIpc) is 2.87. The van der Waals surface area contributed by atoms with Gasteiger partial charge in [0.25, 0.3) is 0 Å². The largest absolute Gasteiger partial charge is 0.454 e. The molecular weight excluding hydrogens is 268 g/mol. The Kier molecular flexibility index (Phi) is 3.48. The van der Waals surface area contributed by atoms with Crippen molar-refractivity contribution < 1.29 is 14.3 Å². The van der Waals surface area contributed by atoms with Gasteiger partial charge in [0, 0.05) is 12.1 Å². The summed E-state index contributed by atoms with van der Waals surface area (Å²) in [5.41, 5.74) is 0.559. The SMILES string of the molecule is O=C(Nc1cc2c(cc1Cl)OCO2)[C@H]1CCCCN1. The first-order chi connectivity index (χ1) is 9.24. The van der Waals surface area contributed by atoms with Gasteiger partial charge in [-0.2, -0.15) is 0 Å². The van der Waals surface area contributed by atoms with Gasteiger partial charge >= 0.3 is 0 Å². The second kappa shape index (κ2) is 5.27. The van der Waals surface area contributed by atoms with E-state index in [1.54, 1.807) is 12.1 Å². The first-order valence-corrected chi connectivity index (χ1v) is 6.75. The van der Waals surface area contributed by atoms with Crippen molar-refractivity contribution in [1.29, 1.82) is 0 Å². The smallest absolute Gasteiger partial charge is 0.241 e. The van der Waals surface area contributed by atoms with E-state index in [-0.39, 0.29) is 18.7 Å². The summed E-state index contributed by atoms with van der Waals surface area (Å²) in [6, 6.07) is 3.22. The van der Waals surface area contributed by atoms with Crippen molar-refractivity contribution in [1.82, 2.24) is 5.32 Å². The van der Waals surface area contributed by atoms with Gasteiger partial charge in [0.05, 0.1) is 16.8 Å². The Balaban J connectivity index is 1.74. The van der Waals surface area contributed by atoms with Crippen molar-refractivity contribution in [3.8, 4) is 11.5 Å². The second-order valence-electron chi connectivity index (χ2n) is 4.68. The number of fused-ring (bicyclic) bond motifs is 1. The molecular formula is C13H15ClN2O3. The van der Waals surface area contributed by atoms with Crippen LogP contribution in [0.4, 0.5) is 5.69 Å². The summed E-state index contributed by atoms with van der Waals surface area (Å²) in [5.74, 6) is 1.16. The van der Waals surface area contributed by atoms with Gasteiger partial charge in [-0.3, -0.25) is 4.79 Å². The number of halogens is 1. The van der Waals surface area contributed by atoms with Crippen LogP contribution in [0, 0.1) is 0 Å². The van der Waals surface area contributed by atoms with Gasteiger partial charge in [0.1, 0.15) is 0 Å². The van der Waals surface area contributed by atoms with E-state index >= 15 is 0 Å². The van der Waals surface area contributed by atoms with Gasteiger partial charge in [0.2, 0.25) is 12.7 Å². The summed E-state index contributed by atoms with van der Waals surface area (Å²) < 4.78 is 10.5. The lowest BCUT2D eigenvalue weighted by Gasteiger charge is -2.22. The van der Waals surface area contributed by atoms with Crippen molar-refractivity contribution in [2.24, 2.45) is 0 Å². The van der Waals surface area contributed by atoms with Crippen molar-refractivity contribution in [2.75, 3.05) is 18.7 Å². The van der Waals surface area contributed by atoms with Crippen LogP contribution < -0.4 is 20.1 Å². The van der Waals surface area contributed by atoms with Gasteiger partial charge in [-0.05, 0) is 19.4 Å². The lowest BCUT2D eigenvalue weighted by molar-refractivity contribution is -0.118. The molecule has 0 aliphatic carbocycles. The highest BCUT2D eigenvalue weighted by atomic mass is 35.5. The fraction of sp³-hybridized carbons (Fsp3) is 0.462. The number of hydrogen-bond donors (Lipinski definition) is 2. The fourth-order valence-electron chi connectivity index (χ4n) is 2.31. The summed E-state index contributed by atoms with van der Waals surface area (Å²) in [7, 11) is 0. The van der Waals surface area contributed by atoms with E-state index in [1.807, 2.05) is 0 Å². The summed E-state index contributed by atoms with van der Waals surface area (Å²) in [5, 5.41) is 6.49. The van der Waals surface area contributed by atoms with Gasteiger partial charge in [-0.1, -0.05) is 18.0 Å². The van der Waals surface area contributed by atoms with Crippen LogP contribution in [0.3, 0.4) is 0 Å². The quantitative estimate of drug-likeness (QED) is 0.873. The third kappa shape index (κ3) is 2.62. The van der Waals surface area contributed by atoms with Crippen LogP contribution >= 0.6 is 11.6 Å². The minimum Gasteiger partial charge on any atom is -0.454 e. The highest BCUT2D eigenvalue weighted by Crippen LogP contribution is 2.39. The predicted molar refractivity (Wildman–Crippen MR) is 71.8 cm³/mol. The molecule has 1 amide bonds. The fourth-order valence-corrected chi connectivity index (χ4v) is 2.51. The zero-order chi connectivity index (χ0) is 13.2. The molecule has 0 aromatic heterocycles. The molecule has 2 aliphatic rings. The van der Waals surface area contributed by atoms with Crippen LogP contribution in [-0.4, -0.2) is 25.3 Å². The average molecular weight is 283 g/mol. The van der Waals surface area contributed by atoms with E-state index in [0.717, 1.165) is 25.8 Å². The summed E-state index contributed by atoms with van der Waals surface area (Å²) in [4.78, 5) is 12.1. The Morgan fingerprint density at radius 1 is 1.32 bits per heavy atom. The van der Waals surface area contributed by atoms with Gasteiger partial charge < -0.3 is 20.1 Å². The first kappa shape index (κ1) is 12.6. The van der Waals surface area contributed by atoms with Crippen LogP contribution in [0.1, 0.15) is 19.3 Å². The van der Waals surface area contributed by atoms with E-state index in [2.05, 4.69) is 10.6 Å². The molecule has 1 saturated heterocycles. The highest BCUT2D eigenvalue weighted by Gasteiger charge is 2.23. The van der Waals surface area contributed by atoms with Crippen molar-refractivity contribution in [3.63, 3.8) is 0 Å². The number of amides is 1. The van der Waals surface area contributed by atoms with Crippen molar-refractivity contribution in [2.45, 2.75) is 25.3 Å². The van der Waals surface area contributed by atoms with E-state index < -0.39 is 0 Å². The normalized spacial score (nSPS) is 21.2. The Hall–Kier alpha value is -1.46. The summed E-state index contributed by atoms with van der Waals surface area (Å²) >= 11 is 6.12. The first-order valence-electron chi connectivity index (χ1n) is 6.37. The third-order valence-electron chi connectivity index (χ3n) is 3.35. The number of carbonyl (C=O) groups is 1. The monoisotopic (exact) mass is 282 g/mol. The molecule has 2 heterocycles. The highest BCUT2D eigenvalue weighted by molar-refractivity contribution is 6.34. The lowest BCUT2D eigenvalue weighted by atomic mass is 10.0. The van der Waals surface area contributed by atoms with Crippen LogP contribution in [0.5, 0.6) is 11.5 Å². The number of benzene rings is 1. The van der Waals surface area contributed by atoms with Crippen molar-refractivity contribution in [3.05, 3.63) is 17.2 Å². The molecule has 1 atom stereocenters. The minimum atomic E-state index is -0.143. The molecule has 1 aromatic rings. The second-order valence-corrected chi connectivity index (χ2v) is 5.08. The van der Waals surface area contributed by atoms with E-state index in [9.17, 15) is 4.79 Å². The van der Waals surface area contributed by atoms with Gasteiger partial charge in [-0.15, -0.1) is 0 Å². The van der Waals surface area contributed by atoms with E-state index in [4.69, 9.17) is 21.1 Å². The number of piperidine rings is 1. The van der Waals surface area contributed by atoms with E-state index in [1.165, 1.54) is 0 Å². The molecule has 6 heteroatoms. The molecule has 5 nitrogen and oxygen atoms in total. The molecule has 0 spiro atoms. The number of carbonyl (C=O) groups excluding carboxylic acids is 1. The number of hydrogen-bond acceptors (Lipinski definition) is 4. The lowest BCUT2D eigenvalue weighted by Crippen LogP contribution is -2.43.